The molecule has 1 aromatic heterocycles. The lowest BCUT2D eigenvalue weighted by Crippen LogP contribution is -1.84. The second-order valence-electron chi connectivity index (χ2n) is 2.87. The fourth-order valence-corrected chi connectivity index (χ4v) is 1.17. The van der Waals surface area contributed by atoms with E-state index in [-0.39, 0.29) is 11.6 Å². The van der Waals surface area contributed by atoms with Gasteiger partial charge in [-0.2, -0.15) is 0 Å². The molecule has 0 atom stereocenters. The molecule has 0 saturated heterocycles. The van der Waals surface area contributed by atoms with Crippen LogP contribution in [0.25, 0.3) is 11.3 Å². The van der Waals surface area contributed by atoms with Crippen LogP contribution in [0.2, 0.25) is 0 Å². The highest BCUT2D eigenvalue weighted by Crippen LogP contribution is 2.16. The molecule has 1 nitrogen and oxygen atoms in total. The molecule has 0 aliphatic heterocycles. The number of rotatable bonds is 1. The molecule has 0 radical (unpaired) electrons. The van der Waals surface area contributed by atoms with Gasteiger partial charge in [0.25, 0.3) is 0 Å². The van der Waals surface area contributed by atoms with Gasteiger partial charge in [-0.05, 0) is 36.4 Å². The van der Waals surface area contributed by atoms with E-state index in [0.29, 0.717) is 5.69 Å². The van der Waals surface area contributed by atoms with Crippen LogP contribution in [-0.4, -0.2) is 4.98 Å². The van der Waals surface area contributed by atoms with Crippen LogP contribution in [0.1, 0.15) is 0 Å². The predicted octanol–water partition coefficient (Wildman–Crippen LogP) is 3.03. The first kappa shape index (κ1) is 8.81. The number of pyridine rings is 1. The molecule has 1 aromatic carbocycles. The Balaban J connectivity index is 2.40. The summed E-state index contributed by atoms with van der Waals surface area (Å²) < 4.78 is 25.1. The third-order valence-corrected chi connectivity index (χ3v) is 1.87. The van der Waals surface area contributed by atoms with Crippen molar-refractivity contribution in [3.63, 3.8) is 0 Å². The lowest BCUT2D eigenvalue weighted by atomic mass is 10.1. The lowest BCUT2D eigenvalue weighted by Gasteiger charge is -1.99. The molecule has 0 spiro atoms. The number of hydrogen-bond acceptors (Lipinski definition) is 1. The summed E-state index contributed by atoms with van der Waals surface area (Å²) in [6.07, 6.45) is 1.14. The molecule has 2 aromatic rings. The quantitative estimate of drug-likeness (QED) is 0.675. The number of halogens is 2. The summed E-state index contributed by atoms with van der Waals surface area (Å²) in [4.78, 5) is 3.88. The summed E-state index contributed by atoms with van der Waals surface area (Å²) >= 11 is 0. The van der Waals surface area contributed by atoms with Crippen LogP contribution in [0.5, 0.6) is 0 Å². The first-order valence-corrected chi connectivity index (χ1v) is 4.13. The minimum atomic E-state index is -0.379. The fraction of sp³-hybridized carbons (Fsp3) is 0. The summed E-state index contributed by atoms with van der Waals surface area (Å²) in [5, 5.41) is 0. The van der Waals surface area contributed by atoms with E-state index in [2.05, 4.69) is 4.98 Å². The molecule has 14 heavy (non-hydrogen) atoms. The van der Waals surface area contributed by atoms with Crippen molar-refractivity contribution in [1.82, 2.24) is 4.98 Å². The van der Waals surface area contributed by atoms with Gasteiger partial charge in [-0.1, -0.05) is 0 Å². The van der Waals surface area contributed by atoms with Gasteiger partial charge in [-0.15, -0.1) is 0 Å². The molecule has 0 aliphatic rings. The maximum absolute atomic E-state index is 12.6. The Hall–Kier alpha value is -1.77. The van der Waals surface area contributed by atoms with Crippen LogP contribution < -0.4 is 0 Å². The van der Waals surface area contributed by atoms with Gasteiger partial charge in [0.1, 0.15) is 11.6 Å². The van der Waals surface area contributed by atoms with Gasteiger partial charge in [-0.25, -0.2) is 8.78 Å². The number of hydrogen-bond donors (Lipinski definition) is 0. The van der Waals surface area contributed by atoms with Crippen molar-refractivity contribution in [2.75, 3.05) is 0 Å². The third-order valence-electron chi connectivity index (χ3n) is 1.87. The highest BCUT2D eigenvalue weighted by molar-refractivity contribution is 5.58. The van der Waals surface area contributed by atoms with Gasteiger partial charge in [-0.3, -0.25) is 4.98 Å². The maximum atomic E-state index is 12.6. The molecular formula is C11H7F2N. The van der Waals surface area contributed by atoms with Crippen molar-refractivity contribution in [2.45, 2.75) is 0 Å². The molecular weight excluding hydrogens is 184 g/mol. The summed E-state index contributed by atoms with van der Waals surface area (Å²) in [6, 6.07) is 8.79. The molecule has 0 saturated carbocycles. The number of aromatic nitrogens is 1. The third kappa shape index (κ3) is 1.76. The van der Waals surface area contributed by atoms with Crippen LogP contribution in [0.15, 0.2) is 42.6 Å². The second kappa shape index (κ2) is 3.54. The van der Waals surface area contributed by atoms with Gasteiger partial charge in [0.15, 0.2) is 0 Å². The average molecular weight is 191 g/mol. The maximum Gasteiger partial charge on any atom is 0.141 e. The van der Waals surface area contributed by atoms with E-state index in [9.17, 15) is 8.78 Å². The van der Waals surface area contributed by atoms with Gasteiger partial charge >= 0.3 is 0 Å². The largest absolute Gasteiger partial charge is 0.253 e. The van der Waals surface area contributed by atoms with E-state index >= 15 is 0 Å². The summed E-state index contributed by atoms with van der Waals surface area (Å²) in [7, 11) is 0. The van der Waals surface area contributed by atoms with Crippen molar-refractivity contribution in [2.24, 2.45) is 0 Å². The molecule has 0 amide bonds. The van der Waals surface area contributed by atoms with Crippen LogP contribution in [0, 0.1) is 11.6 Å². The Morgan fingerprint density at radius 1 is 0.786 bits per heavy atom. The van der Waals surface area contributed by atoms with Crippen molar-refractivity contribution in [3.05, 3.63) is 54.2 Å². The molecule has 0 N–H and O–H groups in total. The first-order chi connectivity index (χ1) is 6.75. The van der Waals surface area contributed by atoms with E-state index in [1.54, 1.807) is 18.2 Å². The Morgan fingerprint density at radius 2 is 1.43 bits per heavy atom. The Kier molecular flexibility index (Phi) is 2.23. The van der Waals surface area contributed by atoms with Crippen molar-refractivity contribution < 1.29 is 8.78 Å². The zero-order chi connectivity index (χ0) is 9.97. The van der Waals surface area contributed by atoms with Gasteiger partial charge < -0.3 is 0 Å². The van der Waals surface area contributed by atoms with Crippen LogP contribution in [-0.2, 0) is 0 Å². The molecule has 0 unspecified atom stereocenters. The molecule has 0 bridgehead atoms. The average Bonchev–Trinajstić information content (AvgIpc) is 2.21. The van der Waals surface area contributed by atoms with E-state index in [1.165, 1.54) is 18.2 Å². The summed E-state index contributed by atoms with van der Waals surface area (Å²) in [5.74, 6) is -0.674. The number of nitrogens with zero attached hydrogens (tertiary/aromatic N) is 1. The smallest absolute Gasteiger partial charge is 0.141 e. The molecule has 0 fully saturated rings. The number of benzene rings is 1. The minimum absolute atomic E-state index is 0.295. The fourth-order valence-electron chi connectivity index (χ4n) is 1.17. The Labute approximate surface area is 80.0 Å². The molecule has 70 valence electrons. The molecule has 3 heteroatoms. The lowest BCUT2D eigenvalue weighted by molar-refractivity contribution is 0.621. The summed E-state index contributed by atoms with van der Waals surface area (Å²) in [5.41, 5.74) is 1.40. The van der Waals surface area contributed by atoms with E-state index in [0.717, 1.165) is 11.8 Å². The normalized spacial score (nSPS) is 10.1. The minimum Gasteiger partial charge on any atom is -0.253 e. The van der Waals surface area contributed by atoms with Gasteiger partial charge in [0.2, 0.25) is 0 Å². The standard InChI is InChI=1S/C11H7F2N/c12-9-3-1-8(2-4-9)11-6-5-10(13)7-14-11/h1-7H. The van der Waals surface area contributed by atoms with Crippen LogP contribution >= 0.6 is 0 Å². The zero-order valence-electron chi connectivity index (χ0n) is 7.24. The first-order valence-electron chi connectivity index (χ1n) is 4.13. The van der Waals surface area contributed by atoms with Gasteiger partial charge in [0, 0.05) is 5.56 Å². The van der Waals surface area contributed by atoms with Gasteiger partial charge in [0.05, 0.1) is 11.9 Å². The summed E-state index contributed by atoms with van der Waals surface area (Å²) in [6.45, 7) is 0. The van der Waals surface area contributed by atoms with Crippen LogP contribution in [0.4, 0.5) is 8.78 Å². The van der Waals surface area contributed by atoms with E-state index in [1.807, 2.05) is 0 Å². The Bertz CT molecular complexity index is 377. The van der Waals surface area contributed by atoms with E-state index < -0.39 is 0 Å². The van der Waals surface area contributed by atoms with Crippen molar-refractivity contribution in [1.29, 1.82) is 0 Å². The van der Waals surface area contributed by atoms with E-state index in [4.69, 9.17) is 0 Å². The predicted molar refractivity (Wildman–Crippen MR) is 49.6 cm³/mol. The van der Waals surface area contributed by atoms with Crippen LogP contribution in [0.3, 0.4) is 0 Å². The monoisotopic (exact) mass is 191 g/mol. The Morgan fingerprint density at radius 3 is 2.00 bits per heavy atom. The zero-order valence-corrected chi connectivity index (χ0v) is 7.24. The van der Waals surface area contributed by atoms with Crippen molar-refractivity contribution >= 4 is 0 Å². The highest BCUT2D eigenvalue weighted by Gasteiger charge is 1.99. The van der Waals surface area contributed by atoms with Crippen molar-refractivity contribution in [3.8, 4) is 11.3 Å². The topological polar surface area (TPSA) is 12.9 Å². The molecule has 1 heterocycles. The highest BCUT2D eigenvalue weighted by atomic mass is 19.1. The second-order valence-corrected chi connectivity index (χ2v) is 2.87. The molecule has 2 rings (SSSR count). The molecule has 0 aliphatic carbocycles. The SMILES string of the molecule is Fc1ccc(-c2ccc(F)cn2)cc1.